The van der Waals surface area contributed by atoms with Gasteiger partial charge >= 0.3 is 0 Å². The van der Waals surface area contributed by atoms with E-state index in [-0.39, 0.29) is 68.8 Å². The van der Waals surface area contributed by atoms with Gasteiger partial charge in [-0.15, -0.1) is 0 Å². The molecule has 2 amide bonds. The highest BCUT2D eigenvalue weighted by molar-refractivity contribution is 6.00. The van der Waals surface area contributed by atoms with Crippen LogP contribution in [0, 0.1) is 11.8 Å². The summed E-state index contributed by atoms with van der Waals surface area (Å²) < 4.78 is 12.3. The Morgan fingerprint density at radius 2 is 1.40 bits per heavy atom. The minimum atomic E-state index is -1.15. The van der Waals surface area contributed by atoms with Gasteiger partial charge in [-0.25, -0.2) is 0 Å². The van der Waals surface area contributed by atoms with Gasteiger partial charge in [0.15, 0.2) is 17.3 Å². The molecular weight excluding hydrogens is 795 g/mol. The molecule has 7 N–H and O–H groups in total. The molecule has 1 unspecified atom stereocenters. The maximum absolute atomic E-state index is 14.8. The van der Waals surface area contributed by atoms with Gasteiger partial charge in [0, 0.05) is 61.5 Å². The lowest BCUT2D eigenvalue weighted by atomic mass is 9.87. The summed E-state index contributed by atoms with van der Waals surface area (Å²) in [5.41, 5.74) is 23.8. The number of amides is 2. The predicted molar refractivity (Wildman–Crippen MR) is 247 cm³/mol. The highest BCUT2D eigenvalue weighted by Crippen LogP contribution is 2.41. The number of likely N-dealkylation sites (N-methyl/N-ethyl adjacent to an activating group) is 1. The van der Waals surface area contributed by atoms with Crippen LogP contribution in [0.2, 0.25) is 0 Å². The van der Waals surface area contributed by atoms with E-state index in [1.807, 2.05) is 24.3 Å². The highest BCUT2D eigenvalue weighted by atomic mass is 16.5. The monoisotopic (exact) mass is 859 g/mol. The Labute approximate surface area is 372 Å². The third kappa shape index (κ3) is 12.9. The summed E-state index contributed by atoms with van der Waals surface area (Å²) in [6.07, 6.45) is 4.86. The van der Waals surface area contributed by atoms with E-state index >= 15 is 0 Å². The second-order valence-corrected chi connectivity index (χ2v) is 16.6. The van der Waals surface area contributed by atoms with Crippen molar-refractivity contribution in [2.24, 2.45) is 29.0 Å². The summed E-state index contributed by atoms with van der Waals surface area (Å²) in [5.74, 6) is -2.29. The normalized spacial score (nSPS) is 17.0. The second kappa shape index (κ2) is 23.7. The van der Waals surface area contributed by atoms with Gasteiger partial charge in [-0.05, 0) is 97.7 Å². The van der Waals surface area contributed by atoms with Crippen molar-refractivity contribution >= 4 is 29.2 Å². The van der Waals surface area contributed by atoms with Crippen LogP contribution in [0.25, 0.3) is 22.3 Å². The number of fused-ring (bicyclic) bond motifs is 5. The van der Waals surface area contributed by atoms with Gasteiger partial charge in [-0.1, -0.05) is 87.4 Å². The van der Waals surface area contributed by atoms with Crippen molar-refractivity contribution in [3.63, 3.8) is 0 Å². The van der Waals surface area contributed by atoms with Crippen molar-refractivity contribution < 1.29 is 33.4 Å². The zero-order chi connectivity index (χ0) is 45.5. The predicted octanol–water partition coefficient (Wildman–Crippen LogP) is 6.78. The molecule has 1 aliphatic rings. The number of nitrogens with one attached hydrogen (secondary N) is 1. The number of carbonyl (C=O) groups is 5. The van der Waals surface area contributed by atoms with E-state index in [1.54, 1.807) is 50.4 Å². The largest absolute Gasteiger partial charge is 0.492 e. The lowest BCUT2D eigenvalue weighted by Gasteiger charge is -2.32. The van der Waals surface area contributed by atoms with Crippen LogP contribution in [-0.2, 0) is 32.0 Å². The Morgan fingerprint density at radius 3 is 2.00 bits per heavy atom. The topological polar surface area (TPSA) is 197 Å². The van der Waals surface area contributed by atoms with Gasteiger partial charge in [0.25, 0.3) is 0 Å². The van der Waals surface area contributed by atoms with Crippen LogP contribution >= 0.6 is 0 Å². The molecule has 0 aliphatic carbocycles. The molecule has 4 bridgehead atoms. The van der Waals surface area contributed by atoms with Gasteiger partial charge in [0.1, 0.15) is 30.8 Å². The molecule has 0 aromatic heterocycles. The summed E-state index contributed by atoms with van der Waals surface area (Å²) >= 11 is 0. The Kier molecular flexibility index (Phi) is 18.2. The van der Waals surface area contributed by atoms with E-state index in [1.165, 1.54) is 17.4 Å². The lowest BCUT2D eigenvalue weighted by Crippen LogP contribution is -2.45. The minimum Gasteiger partial charge on any atom is -0.492 e. The summed E-state index contributed by atoms with van der Waals surface area (Å²) in [6, 6.07) is 24.7. The average Bonchev–Trinajstić information content (AvgIpc) is 3.28. The van der Waals surface area contributed by atoms with Crippen molar-refractivity contribution in [2.45, 2.75) is 90.6 Å². The standard InChI is InChI=1S/C51H65N5O7/c1-5-6-9-35-11-14-37(15-12-35)38-16-18-39(19-17-38)45(58)32-41(10-7-8-23-52)51(61)56(4)49-40-20-22-48(63-27-25-54)43(31-40)42-29-36(13-21-47(42)62-26-24-53)30-44(34(3)57)55-50(60)33(2)28-46(49)59/h11-22,29,31,33,41,44,49H,5-10,23-28,30,32,52-54H2,1-4H3,(H,55,60)/t33-,41-,44+,49?/m1/s1. The van der Waals surface area contributed by atoms with Crippen LogP contribution in [0.15, 0.2) is 84.9 Å². The highest BCUT2D eigenvalue weighted by Gasteiger charge is 2.36. The summed E-state index contributed by atoms with van der Waals surface area (Å²) in [4.78, 5) is 71.5. The number of nitrogens with two attached hydrogens (primary N) is 3. The van der Waals surface area contributed by atoms with Crippen molar-refractivity contribution in [1.82, 2.24) is 10.2 Å². The second-order valence-electron chi connectivity index (χ2n) is 16.6. The number of hydrogen-bond donors (Lipinski definition) is 4. The number of ether oxygens (including phenoxy) is 2. The first kappa shape index (κ1) is 48.3. The molecule has 4 aromatic carbocycles. The van der Waals surface area contributed by atoms with E-state index in [0.717, 1.165) is 36.0 Å². The van der Waals surface area contributed by atoms with Gasteiger partial charge < -0.3 is 36.9 Å². The number of benzene rings is 4. The first-order valence-electron chi connectivity index (χ1n) is 22.3. The first-order chi connectivity index (χ1) is 30.4. The van der Waals surface area contributed by atoms with E-state index in [2.05, 4.69) is 36.5 Å². The van der Waals surface area contributed by atoms with Crippen LogP contribution in [0.1, 0.15) is 98.8 Å². The van der Waals surface area contributed by atoms with Crippen LogP contribution in [0.5, 0.6) is 11.5 Å². The molecule has 0 radical (unpaired) electrons. The van der Waals surface area contributed by atoms with Crippen molar-refractivity contribution in [2.75, 3.05) is 39.9 Å². The Bertz CT molecular complexity index is 2190. The van der Waals surface area contributed by atoms with Gasteiger partial charge in [-0.3, -0.25) is 24.0 Å². The molecule has 1 heterocycles. The Morgan fingerprint density at radius 1 is 0.778 bits per heavy atom. The minimum absolute atomic E-state index is 0.0723. The van der Waals surface area contributed by atoms with Crippen molar-refractivity contribution in [3.8, 4) is 33.8 Å². The van der Waals surface area contributed by atoms with Gasteiger partial charge in [0.05, 0.1) is 6.04 Å². The lowest BCUT2D eigenvalue weighted by molar-refractivity contribution is -0.142. The Balaban J connectivity index is 1.53. The number of carbonyl (C=O) groups excluding carboxylic acids is 5. The fourth-order valence-electron chi connectivity index (χ4n) is 8.11. The molecule has 12 heteroatoms. The summed E-state index contributed by atoms with van der Waals surface area (Å²) in [6.45, 7) is 6.58. The molecule has 12 nitrogen and oxygen atoms in total. The third-order valence-corrected chi connectivity index (χ3v) is 11.7. The fourth-order valence-corrected chi connectivity index (χ4v) is 8.11. The average molecular weight is 860 g/mol. The Hall–Kier alpha value is -5.69. The molecule has 5 rings (SSSR count). The molecule has 63 heavy (non-hydrogen) atoms. The molecule has 1 aliphatic heterocycles. The van der Waals surface area contributed by atoms with Crippen molar-refractivity contribution in [3.05, 3.63) is 107 Å². The molecule has 0 saturated carbocycles. The number of ketones is 3. The smallest absolute Gasteiger partial charge is 0.226 e. The molecular formula is C51H65N5O7. The maximum atomic E-state index is 14.8. The van der Waals surface area contributed by atoms with Crippen molar-refractivity contribution in [1.29, 1.82) is 0 Å². The van der Waals surface area contributed by atoms with Crippen LogP contribution in [0.4, 0.5) is 0 Å². The number of rotatable bonds is 20. The first-order valence-corrected chi connectivity index (χ1v) is 22.3. The third-order valence-electron chi connectivity index (χ3n) is 11.7. The van der Waals surface area contributed by atoms with E-state index in [0.29, 0.717) is 59.6 Å². The van der Waals surface area contributed by atoms with Crippen LogP contribution in [0.3, 0.4) is 0 Å². The van der Waals surface area contributed by atoms with Gasteiger partial charge in [-0.2, -0.15) is 0 Å². The van der Waals surface area contributed by atoms with E-state index in [9.17, 15) is 24.0 Å². The van der Waals surface area contributed by atoms with Crippen LogP contribution < -0.4 is 32.0 Å². The zero-order valence-electron chi connectivity index (χ0n) is 37.3. The van der Waals surface area contributed by atoms with E-state index in [4.69, 9.17) is 26.7 Å². The molecule has 0 fully saturated rings. The number of Topliss-reactive ketones (excluding diaryl/α,β-unsaturated/α-hetero) is 3. The molecule has 0 spiro atoms. The summed E-state index contributed by atoms with van der Waals surface area (Å²) in [7, 11) is 1.57. The molecule has 4 atom stereocenters. The fraction of sp³-hybridized carbons (Fsp3) is 0.431. The molecule has 336 valence electrons. The molecule has 4 aromatic rings. The molecule has 0 saturated heterocycles. The quantitative estimate of drug-likeness (QED) is 0.0543. The number of nitrogens with zero attached hydrogens (tertiary/aromatic N) is 1. The number of hydrogen-bond acceptors (Lipinski definition) is 10. The zero-order valence-corrected chi connectivity index (χ0v) is 37.3. The van der Waals surface area contributed by atoms with Gasteiger partial charge in [0.2, 0.25) is 11.8 Å². The SMILES string of the molecule is CCCCc1ccc(-c2ccc(C(=O)C[C@@H](CCCCN)C(=O)N(C)C3C(=O)C[C@@H](C)C(=O)N[C@H](C(C)=O)Cc4ccc(OCCN)c(c4)-c4cc3ccc4OCCN)cc2)cc1. The summed E-state index contributed by atoms with van der Waals surface area (Å²) in [5, 5.41) is 2.86. The van der Waals surface area contributed by atoms with E-state index < -0.39 is 29.8 Å². The number of unbranched alkanes of at least 4 members (excludes halogenated alkanes) is 2. The number of aryl methyl sites for hydroxylation is 1. The maximum Gasteiger partial charge on any atom is 0.226 e. The van der Waals surface area contributed by atoms with Crippen LogP contribution in [-0.4, -0.2) is 80.0 Å².